The van der Waals surface area contributed by atoms with Crippen molar-refractivity contribution in [2.75, 3.05) is 19.7 Å². The number of hydrogen-bond acceptors (Lipinski definition) is 3. The van der Waals surface area contributed by atoms with Crippen LogP contribution in [0.25, 0.3) is 0 Å². The molecule has 0 aromatic carbocycles. The number of carbonyl (C=O) groups excluding carboxylic acids is 2. The van der Waals surface area contributed by atoms with Gasteiger partial charge in [0.25, 0.3) is 5.91 Å². The minimum atomic E-state index is -0.724. The number of imide groups is 1. The molecular weight excluding hydrogens is 208 g/mol. The van der Waals surface area contributed by atoms with Crippen LogP contribution in [0, 0.1) is 0 Å². The van der Waals surface area contributed by atoms with Gasteiger partial charge in [-0.3, -0.25) is 9.69 Å². The zero-order chi connectivity index (χ0) is 11.9. The van der Waals surface area contributed by atoms with Crippen molar-refractivity contribution in [1.82, 2.24) is 9.80 Å². The number of epoxide rings is 1. The summed E-state index contributed by atoms with van der Waals surface area (Å²) in [5.74, 6) is -0.0972. The van der Waals surface area contributed by atoms with Crippen LogP contribution in [0.3, 0.4) is 0 Å². The fraction of sp³-hybridized carbons (Fsp3) is 0.818. The van der Waals surface area contributed by atoms with Crippen LogP contribution in [0.1, 0.15) is 27.2 Å². The molecule has 0 N–H and O–H groups in total. The van der Waals surface area contributed by atoms with E-state index >= 15 is 0 Å². The Morgan fingerprint density at radius 2 is 2.06 bits per heavy atom. The molecule has 0 radical (unpaired) electrons. The van der Waals surface area contributed by atoms with E-state index in [4.69, 9.17) is 4.74 Å². The van der Waals surface area contributed by atoms with E-state index in [9.17, 15) is 9.59 Å². The lowest BCUT2D eigenvalue weighted by Crippen LogP contribution is -2.45. The van der Waals surface area contributed by atoms with E-state index in [1.165, 1.54) is 4.90 Å². The molecule has 2 heterocycles. The number of carbonyl (C=O) groups is 2. The second-order valence-corrected chi connectivity index (χ2v) is 4.86. The summed E-state index contributed by atoms with van der Waals surface area (Å²) < 4.78 is 5.12. The molecule has 0 bridgehead atoms. The van der Waals surface area contributed by atoms with E-state index < -0.39 is 5.54 Å². The quantitative estimate of drug-likeness (QED) is 0.527. The average Bonchev–Trinajstić information content (AvgIpc) is 3.01. The van der Waals surface area contributed by atoms with E-state index in [1.807, 2.05) is 6.92 Å². The molecule has 2 rings (SSSR count). The van der Waals surface area contributed by atoms with Gasteiger partial charge < -0.3 is 9.64 Å². The van der Waals surface area contributed by atoms with Crippen molar-refractivity contribution in [2.24, 2.45) is 0 Å². The first-order valence-electron chi connectivity index (χ1n) is 5.73. The van der Waals surface area contributed by atoms with E-state index in [1.54, 1.807) is 18.7 Å². The predicted octanol–water partition coefficient (Wildman–Crippen LogP) is 0.838. The first-order chi connectivity index (χ1) is 7.48. The van der Waals surface area contributed by atoms with Gasteiger partial charge in [0.15, 0.2) is 0 Å². The SMILES string of the molecule is CCCN1C(=O)N(CC2CO2)C(C)(C)C1=O. The van der Waals surface area contributed by atoms with Crippen molar-refractivity contribution in [3.8, 4) is 0 Å². The molecule has 5 heteroatoms. The van der Waals surface area contributed by atoms with Crippen molar-refractivity contribution in [3.63, 3.8) is 0 Å². The molecular formula is C11H18N2O3. The zero-order valence-corrected chi connectivity index (χ0v) is 10.0. The average molecular weight is 226 g/mol. The molecule has 2 aliphatic heterocycles. The van der Waals surface area contributed by atoms with Crippen LogP contribution in [0.2, 0.25) is 0 Å². The van der Waals surface area contributed by atoms with Crippen LogP contribution in [0.15, 0.2) is 0 Å². The Balaban J connectivity index is 2.16. The third kappa shape index (κ3) is 1.69. The van der Waals surface area contributed by atoms with Crippen LogP contribution in [-0.4, -0.2) is 53.1 Å². The van der Waals surface area contributed by atoms with Gasteiger partial charge in [-0.2, -0.15) is 0 Å². The summed E-state index contributed by atoms with van der Waals surface area (Å²) in [5.41, 5.74) is -0.724. The lowest BCUT2D eigenvalue weighted by Gasteiger charge is -2.26. The summed E-state index contributed by atoms with van der Waals surface area (Å²) in [7, 11) is 0. The van der Waals surface area contributed by atoms with Crippen LogP contribution in [0.4, 0.5) is 4.79 Å². The maximum atomic E-state index is 12.1. The number of hydrogen-bond donors (Lipinski definition) is 0. The summed E-state index contributed by atoms with van der Waals surface area (Å²) in [6, 6.07) is -0.174. The molecule has 0 aromatic heterocycles. The normalized spacial score (nSPS) is 27.8. The largest absolute Gasteiger partial charge is 0.371 e. The van der Waals surface area contributed by atoms with Gasteiger partial charge in [-0.25, -0.2) is 4.79 Å². The Labute approximate surface area is 95.3 Å². The summed E-state index contributed by atoms with van der Waals surface area (Å²) in [6.07, 6.45) is 0.916. The smallest absolute Gasteiger partial charge is 0.327 e. The fourth-order valence-electron chi connectivity index (χ4n) is 2.02. The van der Waals surface area contributed by atoms with E-state index in [-0.39, 0.29) is 18.0 Å². The minimum Gasteiger partial charge on any atom is -0.371 e. The summed E-state index contributed by atoms with van der Waals surface area (Å²) in [5, 5.41) is 0. The topological polar surface area (TPSA) is 53.2 Å². The van der Waals surface area contributed by atoms with Crippen molar-refractivity contribution in [3.05, 3.63) is 0 Å². The Morgan fingerprint density at radius 1 is 1.44 bits per heavy atom. The van der Waals surface area contributed by atoms with Gasteiger partial charge in [0, 0.05) is 6.54 Å². The van der Waals surface area contributed by atoms with Gasteiger partial charge in [0.05, 0.1) is 19.3 Å². The molecule has 90 valence electrons. The fourth-order valence-corrected chi connectivity index (χ4v) is 2.02. The zero-order valence-electron chi connectivity index (χ0n) is 10.0. The van der Waals surface area contributed by atoms with Crippen LogP contribution < -0.4 is 0 Å². The standard InChI is InChI=1S/C11H18N2O3/c1-4-5-12-9(14)11(2,3)13(10(12)15)6-8-7-16-8/h8H,4-7H2,1-3H3. The summed E-state index contributed by atoms with van der Waals surface area (Å²) in [6.45, 7) is 7.28. The maximum absolute atomic E-state index is 12.1. The van der Waals surface area contributed by atoms with E-state index in [0.717, 1.165) is 6.42 Å². The third-order valence-electron chi connectivity index (χ3n) is 3.14. The molecule has 16 heavy (non-hydrogen) atoms. The van der Waals surface area contributed by atoms with Crippen molar-refractivity contribution >= 4 is 11.9 Å². The Bertz CT molecular complexity index is 323. The molecule has 3 amide bonds. The predicted molar refractivity (Wildman–Crippen MR) is 57.9 cm³/mol. The number of rotatable bonds is 4. The molecule has 2 fully saturated rings. The van der Waals surface area contributed by atoms with Crippen molar-refractivity contribution in [1.29, 1.82) is 0 Å². The number of amides is 3. The maximum Gasteiger partial charge on any atom is 0.327 e. The van der Waals surface area contributed by atoms with E-state index in [0.29, 0.717) is 19.7 Å². The monoisotopic (exact) mass is 226 g/mol. The van der Waals surface area contributed by atoms with Gasteiger partial charge in [-0.1, -0.05) is 6.92 Å². The molecule has 0 aromatic rings. The summed E-state index contributed by atoms with van der Waals surface area (Å²) >= 11 is 0. The lowest BCUT2D eigenvalue weighted by atomic mass is 10.0. The lowest BCUT2D eigenvalue weighted by molar-refractivity contribution is -0.131. The van der Waals surface area contributed by atoms with E-state index in [2.05, 4.69) is 0 Å². The Morgan fingerprint density at radius 3 is 2.56 bits per heavy atom. The number of urea groups is 1. The molecule has 1 atom stereocenters. The molecule has 2 aliphatic rings. The second-order valence-electron chi connectivity index (χ2n) is 4.86. The summed E-state index contributed by atoms with van der Waals surface area (Å²) in [4.78, 5) is 27.1. The highest BCUT2D eigenvalue weighted by Gasteiger charge is 2.52. The van der Waals surface area contributed by atoms with Gasteiger partial charge in [-0.15, -0.1) is 0 Å². The molecule has 2 saturated heterocycles. The Hall–Kier alpha value is -1.10. The first-order valence-corrected chi connectivity index (χ1v) is 5.73. The van der Waals surface area contributed by atoms with Crippen LogP contribution in [-0.2, 0) is 9.53 Å². The first kappa shape index (κ1) is 11.4. The number of nitrogens with zero attached hydrogens (tertiary/aromatic N) is 2. The second kappa shape index (κ2) is 3.73. The van der Waals surface area contributed by atoms with Gasteiger partial charge in [-0.05, 0) is 20.3 Å². The minimum absolute atomic E-state index is 0.0972. The van der Waals surface area contributed by atoms with Crippen LogP contribution in [0.5, 0.6) is 0 Å². The highest BCUT2D eigenvalue weighted by Crippen LogP contribution is 2.29. The highest BCUT2D eigenvalue weighted by molar-refractivity contribution is 6.06. The van der Waals surface area contributed by atoms with Gasteiger partial charge >= 0.3 is 6.03 Å². The number of ether oxygens (including phenoxy) is 1. The van der Waals surface area contributed by atoms with Crippen molar-refractivity contribution < 1.29 is 14.3 Å². The van der Waals surface area contributed by atoms with Gasteiger partial charge in [0.2, 0.25) is 0 Å². The molecule has 0 spiro atoms. The van der Waals surface area contributed by atoms with Gasteiger partial charge in [0.1, 0.15) is 5.54 Å². The third-order valence-corrected chi connectivity index (χ3v) is 3.14. The highest BCUT2D eigenvalue weighted by atomic mass is 16.6. The molecule has 0 aliphatic carbocycles. The molecule has 1 unspecified atom stereocenters. The Kier molecular flexibility index (Phi) is 2.66. The van der Waals surface area contributed by atoms with Crippen molar-refractivity contribution in [2.45, 2.75) is 38.8 Å². The van der Waals surface area contributed by atoms with Crippen LogP contribution >= 0.6 is 0 Å². The molecule has 5 nitrogen and oxygen atoms in total. The molecule has 0 saturated carbocycles.